The number of hydrogen-bond acceptors (Lipinski definition) is 5. The van der Waals surface area contributed by atoms with Crippen LogP contribution in [0.4, 0.5) is 4.79 Å². The van der Waals surface area contributed by atoms with Crippen molar-refractivity contribution >= 4 is 28.6 Å². The van der Waals surface area contributed by atoms with Crippen molar-refractivity contribution in [3.63, 3.8) is 0 Å². The van der Waals surface area contributed by atoms with Gasteiger partial charge in [0.1, 0.15) is 5.54 Å². The Morgan fingerprint density at radius 3 is 2.74 bits per heavy atom. The molecular weight excluding hydrogens is 398 g/mol. The summed E-state index contributed by atoms with van der Waals surface area (Å²) < 4.78 is 10.7. The molecule has 0 aliphatic carbocycles. The molecule has 1 atom stereocenters. The minimum Gasteiger partial charge on any atom is -0.454 e. The largest absolute Gasteiger partial charge is 0.454 e. The van der Waals surface area contributed by atoms with Gasteiger partial charge in [-0.1, -0.05) is 24.3 Å². The zero-order chi connectivity index (χ0) is 21.8. The number of para-hydroxylation sites is 1. The summed E-state index contributed by atoms with van der Waals surface area (Å²) in [4.78, 5) is 43.0. The van der Waals surface area contributed by atoms with E-state index in [9.17, 15) is 14.4 Å². The number of aryl methyl sites for hydroxylation is 1. The normalized spacial score (nSPS) is 19.9. The number of urea groups is 1. The summed E-state index contributed by atoms with van der Waals surface area (Å²) >= 11 is 0. The van der Waals surface area contributed by atoms with Crippen molar-refractivity contribution in [3.8, 4) is 11.5 Å². The zero-order valence-electron chi connectivity index (χ0n) is 17.2. The number of Topliss-reactive ketones (excluding diaryl/α,β-unsaturated/α-hetero) is 1. The van der Waals surface area contributed by atoms with E-state index in [-0.39, 0.29) is 25.5 Å². The standard InChI is InChI=1S/C23H21N3O5/c1-13-20(15-5-3-4-6-16(15)24-13)17(27)11-26-21(28)23(2,25-22(26)29)10-14-7-8-18-19(9-14)31-12-30-18/h3-9,24H,10-12H2,1-2H3,(H,25,29). The molecule has 3 amide bonds. The smallest absolute Gasteiger partial charge is 0.325 e. The molecule has 1 saturated heterocycles. The van der Waals surface area contributed by atoms with Crippen molar-refractivity contribution in [3.05, 3.63) is 59.3 Å². The molecule has 1 fully saturated rings. The molecule has 0 spiro atoms. The third-order valence-corrected chi connectivity index (χ3v) is 5.81. The molecule has 31 heavy (non-hydrogen) atoms. The van der Waals surface area contributed by atoms with E-state index >= 15 is 0 Å². The number of aromatic nitrogens is 1. The lowest BCUT2D eigenvalue weighted by Gasteiger charge is -2.21. The molecule has 158 valence electrons. The molecule has 5 rings (SSSR count). The van der Waals surface area contributed by atoms with Gasteiger partial charge in [0.05, 0.1) is 6.54 Å². The average Bonchev–Trinajstić information content (AvgIpc) is 3.38. The first-order chi connectivity index (χ1) is 14.9. The first-order valence-electron chi connectivity index (χ1n) is 9.99. The van der Waals surface area contributed by atoms with Crippen LogP contribution in [0.3, 0.4) is 0 Å². The first-order valence-corrected chi connectivity index (χ1v) is 9.99. The number of hydrogen-bond donors (Lipinski definition) is 2. The number of nitrogens with zero attached hydrogens (tertiary/aromatic N) is 1. The van der Waals surface area contributed by atoms with E-state index in [2.05, 4.69) is 10.3 Å². The van der Waals surface area contributed by atoms with Crippen molar-refractivity contribution in [2.45, 2.75) is 25.8 Å². The van der Waals surface area contributed by atoms with Crippen molar-refractivity contribution in [2.75, 3.05) is 13.3 Å². The highest BCUT2D eigenvalue weighted by atomic mass is 16.7. The molecule has 0 radical (unpaired) electrons. The number of ketones is 1. The van der Waals surface area contributed by atoms with E-state index in [1.54, 1.807) is 19.1 Å². The van der Waals surface area contributed by atoms with E-state index in [0.717, 1.165) is 21.4 Å². The fourth-order valence-corrected chi connectivity index (χ4v) is 4.33. The summed E-state index contributed by atoms with van der Waals surface area (Å²) in [7, 11) is 0. The van der Waals surface area contributed by atoms with Gasteiger partial charge in [-0.3, -0.25) is 14.5 Å². The Balaban J connectivity index is 1.37. The highest BCUT2D eigenvalue weighted by Gasteiger charge is 2.48. The zero-order valence-corrected chi connectivity index (χ0v) is 17.2. The molecule has 1 aromatic heterocycles. The fraction of sp³-hybridized carbons (Fsp3) is 0.261. The second-order valence-corrected chi connectivity index (χ2v) is 8.11. The molecule has 1 unspecified atom stereocenters. The van der Waals surface area contributed by atoms with Gasteiger partial charge in [-0.05, 0) is 37.6 Å². The maximum absolute atomic E-state index is 13.2. The third-order valence-electron chi connectivity index (χ3n) is 5.81. The highest BCUT2D eigenvalue weighted by Crippen LogP contribution is 2.34. The summed E-state index contributed by atoms with van der Waals surface area (Å²) in [6.07, 6.45) is 0.269. The highest BCUT2D eigenvalue weighted by molar-refractivity contribution is 6.15. The van der Waals surface area contributed by atoms with Gasteiger partial charge in [-0.15, -0.1) is 0 Å². The molecule has 2 aliphatic rings. The van der Waals surface area contributed by atoms with Crippen LogP contribution in [0.25, 0.3) is 10.9 Å². The van der Waals surface area contributed by atoms with Crippen LogP contribution in [0, 0.1) is 6.92 Å². The van der Waals surface area contributed by atoms with Crippen molar-refractivity contribution in [2.24, 2.45) is 0 Å². The lowest BCUT2D eigenvalue weighted by molar-refractivity contribution is -0.130. The van der Waals surface area contributed by atoms with Gasteiger partial charge in [-0.2, -0.15) is 0 Å². The Kier molecular flexibility index (Phi) is 4.25. The third kappa shape index (κ3) is 3.11. The molecule has 0 saturated carbocycles. The van der Waals surface area contributed by atoms with Crippen molar-refractivity contribution < 1.29 is 23.9 Å². The van der Waals surface area contributed by atoms with Gasteiger partial charge in [-0.25, -0.2) is 4.79 Å². The summed E-state index contributed by atoms with van der Waals surface area (Å²) in [6.45, 7) is 3.32. The van der Waals surface area contributed by atoms with Gasteiger partial charge in [0.2, 0.25) is 6.79 Å². The van der Waals surface area contributed by atoms with Crippen LogP contribution in [0.5, 0.6) is 11.5 Å². The Hall–Kier alpha value is -3.81. The predicted molar refractivity (Wildman–Crippen MR) is 112 cm³/mol. The summed E-state index contributed by atoms with van der Waals surface area (Å²) in [5, 5.41) is 3.53. The van der Waals surface area contributed by atoms with Crippen molar-refractivity contribution in [1.29, 1.82) is 0 Å². The quantitative estimate of drug-likeness (QED) is 0.489. The van der Waals surface area contributed by atoms with Gasteiger partial charge < -0.3 is 19.8 Å². The number of carbonyl (C=O) groups excluding carboxylic acids is 3. The van der Waals surface area contributed by atoms with E-state index < -0.39 is 17.5 Å². The molecule has 3 heterocycles. The molecule has 8 heteroatoms. The van der Waals surface area contributed by atoms with E-state index in [1.165, 1.54) is 0 Å². The van der Waals surface area contributed by atoms with Crippen LogP contribution in [0.1, 0.15) is 28.5 Å². The van der Waals surface area contributed by atoms with Gasteiger partial charge >= 0.3 is 6.03 Å². The monoisotopic (exact) mass is 419 g/mol. The second kappa shape index (κ2) is 6.87. The van der Waals surface area contributed by atoms with Crippen molar-refractivity contribution in [1.82, 2.24) is 15.2 Å². The van der Waals surface area contributed by atoms with Crippen LogP contribution in [-0.2, 0) is 11.2 Å². The van der Waals surface area contributed by atoms with Crippen LogP contribution in [0.2, 0.25) is 0 Å². The Morgan fingerprint density at radius 1 is 1.13 bits per heavy atom. The number of carbonyl (C=O) groups is 3. The number of H-pyrrole nitrogens is 1. The van der Waals surface area contributed by atoms with E-state index in [4.69, 9.17) is 9.47 Å². The second-order valence-electron chi connectivity index (χ2n) is 8.11. The van der Waals surface area contributed by atoms with Crippen LogP contribution < -0.4 is 14.8 Å². The van der Waals surface area contributed by atoms with Crippen LogP contribution in [-0.4, -0.2) is 46.5 Å². The number of aromatic amines is 1. The number of nitrogens with one attached hydrogen (secondary N) is 2. The van der Waals surface area contributed by atoms with E-state index in [1.807, 2.05) is 37.3 Å². The number of amides is 3. The topological polar surface area (TPSA) is 101 Å². The number of benzene rings is 2. The fourth-order valence-electron chi connectivity index (χ4n) is 4.33. The first kappa shape index (κ1) is 19.2. The lowest BCUT2D eigenvalue weighted by Crippen LogP contribution is -2.46. The summed E-state index contributed by atoms with van der Waals surface area (Å²) in [5.74, 6) is 0.545. The van der Waals surface area contributed by atoms with Crippen LogP contribution in [0.15, 0.2) is 42.5 Å². The lowest BCUT2D eigenvalue weighted by atomic mass is 9.92. The molecule has 2 aliphatic heterocycles. The SMILES string of the molecule is Cc1[nH]c2ccccc2c1C(=O)CN1C(=O)NC(C)(Cc2ccc3c(c2)OCO3)C1=O. The molecular formula is C23H21N3O5. The number of rotatable bonds is 5. The Labute approximate surface area is 178 Å². The molecule has 0 bridgehead atoms. The maximum Gasteiger partial charge on any atom is 0.325 e. The van der Waals surface area contributed by atoms with Gasteiger partial charge in [0, 0.05) is 28.6 Å². The molecule has 8 nitrogen and oxygen atoms in total. The minimum atomic E-state index is -1.15. The molecule has 3 aromatic rings. The summed E-state index contributed by atoms with van der Waals surface area (Å²) in [5.41, 5.74) is 1.72. The summed E-state index contributed by atoms with van der Waals surface area (Å²) in [6, 6.07) is 12.3. The predicted octanol–water partition coefficient (Wildman–Crippen LogP) is 2.94. The average molecular weight is 419 g/mol. The maximum atomic E-state index is 13.2. The van der Waals surface area contributed by atoms with Gasteiger partial charge in [0.25, 0.3) is 5.91 Å². The Bertz CT molecular complexity index is 1250. The van der Waals surface area contributed by atoms with E-state index in [0.29, 0.717) is 22.8 Å². The molecule has 2 N–H and O–H groups in total. The van der Waals surface area contributed by atoms with Gasteiger partial charge in [0.15, 0.2) is 17.3 Å². The number of fused-ring (bicyclic) bond motifs is 2. The number of imide groups is 1. The Morgan fingerprint density at radius 2 is 1.90 bits per heavy atom. The van der Waals surface area contributed by atoms with Crippen LogP contribution >= 0.6 is 0 Å². The minimum absolute atomic E-state index is 0.162. The number of ether oxygens (including phenoxy) is 2. The molecule has 2 aromatic carbocycles.